The van der Waals surface area contributed by atoms with E-state index in [1.165, 1.54) is 0 Å². The third kappa shape index (κ3) is 3.60. The number of hydrogen-bond acceptors (Lipinski definition) is 4. The van der Waals surface area contributed by atoms with E-state index in [9.17, 15) is 9.59 Å². The standard InChI is InChI=1S/C21H22N2O4/c1-14(15-5-3-2-4-6-15)23-13-16(11-20(23)24)21(25)22-17-7-8-18-19(12-17)27-10-9-26-18/h2-8,12,14,16H,9-11,13H2,1H3,(H,22,25)/t14-,16-/m1/s1. The molecule has 2 aromatic carbocycles. The lowest BCUT2D eigenvalue weighted by atomic mass is 10.1. The monoisotopic (exact) mass is 366 g/mol. The lowest BCUT2D eigenvalue weighted by Gasteiger charge is -2.25. The summed E-state index contributed by atoms with van der Waals surface area (Å²) in [5.74, 6) is 0.798. The Balaban J connectivity index is 1.42. The zero-order chi connectivity index (χ0) is 18.8. The van der Waals surface area contributed by atoms with E-state index in [0.29, 0.717) is 36.9 Å². The molecular formula is C21H22N2O4. The molecule has 27 heavy (non-hydrogen) atoms. The zero-order valence-electron chi connectivity index (χ0n) is 15.2. The number of rotatable bonds is 4. The fraction of sp³-hybridized carbons (Fsp3) is 0.333. The second-order valence-electron chi connectivity index (χ2n) is 6.88. The number of nitrogens with one attached hydrogen (secondary N) is 1. The normalized spacial score (nSPS) is 19.7. The second-order valence-corrected chi connectivity index (χ2v) is 6.88. The highest BCUT2D eigenvalue weighted by atomic mass is 16.6. The third-order valence-electron chi connectivity index (χ3n) is 5.09. The molecule has 2 aromatic rings. The molecule has 0 saturated carbocycles. The van der Waals surface area contributed by atoms with Gasteiger partial charge >= 0.3 is 0 Å². The molecule has 1 fully saturated rings. The Kier molecular flexibility index (Phi) is 4.71. The number of ether oxygens (including phenoxy) is 2. The molecule has 1 N–H and O–H groups in total. The van der Waals surface area contributed by atoms with Crippen molar-refractivity contribution in [3.63, 3.8) is 0 Å². The fourth-order valence-corrected chi connectivity index (χ4v) is 3.56. The molecule has 0 spiro atoms. The van der Waals surface area contributed by atoms with Crippen molar-refractivity contribution in [3.05, 3.63) is 54.1 Å². The van der Waals surface area contributed by atoms with Crippen LogP contribution in [0.2, 0.25) is 0 Å². The van der Waals surface area contributed by atoms with Gasteiger partial charge in [-0.1, -0.05) is 30.3 Å². The van der Waals surface area contributed by atoms with Crippen LogP contribution in [0.5, 0.6) is 11.5 Å². The van der Waals surface area contributed by atoms with Crippen LogP contribution >= 0.6 is 0 Å². The second kappa shape index (κ2) is 7.31. The Morgan fingerprint density at radius 3 is 2.63 bits per heavy atom. The van der Waals surface area contributed by atoms with E-state index < -0.39 is 0 Å². The molecule has 140 valence electrons. The maximum atomic E-state index is 12.7. The predicted molar refractivity (Wildman–Crippen MR) is 101 cm³/mol. The van der Waals surface area contributed by atoms with Crippen molar-refractivity contribution < 1.29 is 19.1 Å². The summed E-state index contributed by atoms with van der Waals surface area (Å²) in [5, 5.41) is 2.90. The van der Waals surface area contributed by atoms with Crippen molar-refractivity contribution >= 4 is 17.5 Å². The number of amides is 2. The molecule has 0 radical (unpaired) electrons. The van der Waals surface area contributed by atoms with Crippen LogP contribution in [0.3, 0.4) is 0 Å². The lowest BCUT2D eigenvalue weighted by Crippen LogP contribution is -2.30. The summed E-state index contributed by atoms with van der Waals surface area (Å²) in [5.41, 5.74) is 1.71. The Bertz CT molecular complexity index is 853. The molecule has 0 aliphatic carbocycles. The van der Waals surface area contributed by atoms with Crippen LogP contribution in [0.25, 0.3) is 0 Å². The van der Waals surface area contributed by atoms with E-state index in [-0.39, 0.29) is 30.2 Å². The molecule has 6 nitrogen and oxygen atoms in total. The van der Waals surface area contributed by atoms with E-state index in [4.69, 9.17) is 9.47 Å². The Labute approximate surface area is 158 Å². The minimum Gasteiger partial charge on any atom is -0.486 e. The minimum absolute atomic E-state index is 0.00803. The summed E-state index contributed by atoms with van der Waals surface area (Å²) in [4.78, 5) is 26.9. The largest absolute Gasteiger partial charge is 0.486 e. The van der Waals surface area contributed by atoms with Gasteiger partial charge in [0, 0.05) is 24.7 Å². The first kappa shape index (κ1) is 17.4. The number of anilines is 1. The number of fused-ring (bicyclic) bond motifs is 1. The summed E-state index contributed by atoms with van der Waals surface area (Å²) >= 11 is 0. The SMILES string of the molecule is C[C@H](c1ccccc1)N1C[C@H](C(=O)Nc2ccc3c(c2)OCCO3)CC1=O. The van der Waals surface area contributed by atoms with E-state index in [2.05, 4.69) is 5.32 Å². The molecule has 6 heteroatoms. The lowest BCUT2D eigenvalue weighted by molar-refractivity contribution is -0.129. The fourth-order valence-electron chi connectivity index (χ4n) is 3.56. The topological polar surface area (TPSA) is 67.9 Å². The van der Waals surface area contributed by atoms with Crippen LogP contribution in [-0.2, 0) is 9.59 Å². The number of likely N-dealkylation sites (tertiary alicyclic amines) is 1. The number of carbonyl (C=O) groups is 2. The van der Waals surface area contributed by atoms with Gasteiger partial charge in [-0.2, -0.15) is 0 Å². The molecule has 2 atom stereocenters. The highest BCUT2D eigenvalue weighted by Gasteiger charge is 2.37. The number of carbonyl (C=O) groups excluding carboxylic acids is 2. The Morgan fingerprint density at radius 2 is 1.85 bits per heavy atom. The van der Waals surface area contributed by atoms with Gasteiger partial charge in [-0.05, 0) is 24.6 Å². The van der Waals surface area contributed by atoms with Gasteiger partial charge in [0.2, 0.25) is 11.8 Å². The van der Waals surface area contributed by atoms with Crippen molar-refractivity contribution in [1.29, 1.82) is 0 Å². The summed E-state index contributed by atoms with van der Waals surface area (Å²) in [6.07, 6.45) is 0.230. The molecular weight excluding hydrogens is 344 g/mol. The third-order valence-corrected chi connectivity index (χ3v) is 5.09. The highest BCUT2D eigenvalue weighted by Crippen LogP contribution is 2.33. The van der Waals surface area contributed by atoms with Crippen molar-refractivity contribution in [2.24, 2.45) is 5.92 Å². The van der Waals surface area contributed by atoms with Gasteiger partial charge in [-0.15, -0.1) is 0 Å². The first-order chi connectivity index (χ1) is 13.1. The molecule has 2 amide bonds. The summed E-state index contributed by atoms with van der Waals surface area (Å²) in [6.45, 7) is 3.44. The Morgan fingerprint density at radius 1 is 1.11 bits per heavy atom. The molecule has 4 rings (SSSR count). The van der Waals surface area contributed by atoms with Gasteiger partial charge in [0.05, 0.1) is 12.0 Å². The van der Waals surface area contributed by atoms with Gasteiger partial charge in [-0.3, -0.25) is 9.59 Å². The summed E-state index contributed by atoms with van der Waals surface area (Å²) in [6, 6.07) is 15.1. The quantitative estimate of drug-likeness (QED) is 0.903. The van der Waals surface area contributed by atoms with Gasteiger partial charge < -0.3 is 19.7 Å². The Hall–Kier alpha value is -3.02. The van der Waals surface area contributed by atoms with Gasteiger partial charge in [0.15, 0.2) is 11.5 Å². The molecule has 2 aliphatic rings. The van der Waals surface area contributed by atoms with Crippen LogP contribution in [-0.4, -0.2) is 36.5 Å². The van der Waals surface area contributed by atoms with E-state index in [1.54, 1.807) is 23.1 Å². The molecule has 1 saturated heterocycles. The predicted octanol–water partition coefficient (Wildman–Crippen LogP) is 3.01. The average Bonchev–Trinajstić information content (AvgIpc) is 3.10. The molecule has 2 heterocycles. The van der Waals surface area contributed by atoms with Crippen LogP contribution in [0, 0.1) is 5.92 Å². The van der Waals surface area contributed by atoms with Gasteiger partial charge in [0.1, 0.15) is 13.2 Å². The van der Waals surface area contributed by atoms with E-state index in [1.807, 2.05) is 37.3 Å². The van der Waals surface area contributed by atoms with Crippen molar-refractivity contribution in [2.45, 2.75) is 19.4 Å². The maximum Gasteiger partial charge on any atom is 0.229 e. The van der Waals surface area contributed by atoms with Crippen LogP contribution in [0.15, 0.2) is 48.5 Å². The van der Waals surface area contributed by atoms with Crippen molar-refractivity contribution in [3.8, 4) is 11.5 Å². The van der Waals surface area contributed by atoms with Gasteiger partial charge in [-0.25, -0.2) is 0 Å². The molecule has 0 bridgehead atoms. The average molecular weight is 366 g/mol. The first-order valence-electron chi connectivity index (χ1n) is 9.17. The number of benzene rings is 2. The first-order valence-corrected chi connectivity index (χ1v) is 9.17. The molecule has 0 unspecified atom stereocenters. The van der Waals surface area contributed by atoms with Crippen LogP contribution < -0.4 is 14.8 Å². The van der Waals surface area contributed by atoms with Crippen molar-refractivity contribution in [1.82, 2.24) is 4.90 Å². The smallest absolute Gasteiger partial charge is 0.229 e. The number of hydrogen-bond donors (Lipinski definition) is 1. The molecule has 2 aliphatic heterocycles. The summed E-state index contributed by atoms with van der Waals surface area (Å²) < 4.78 is 11.0. The van der Waals surface area contributed by atoms with Crippen LogP contribution in [0.4, 0.5) is 5.69 Å². The molecule has 0 aromatic heterocycles. The van der Waals surface area contributed by atoms with Crippen LogP contribution in [0.1, 0.15) is 24.9 Å². The van der Waals surface area contributed by atoms with Gasteiger partial charge in [0.25, 0.3) is 0 Å². The summed E-state index contributed by atoms with van der Waals surface area (Å²) in [7, 11) is 0. The van der Waals surface area contributed by atoms with Crippen molar-refractivity contribution in [2.75, 3.05) is 25.1 Å². The maximum absolute atomic E-state index is 12.7. The van der Waals surface area contributed by atoms with E-state index in [0.717, 1.165) is 5.56 Å². The highest BCUT2D eigenvalue weighted by molar-refractivity contribution is 5.97. The number of nitrogens with zero attached hydrogens (tertiary/aromatic N) is 1. The van der Waals surface area contributed by atoms with E-state index >= 15 is 0 Å². The minimum atomic E-state index is -0.364. The zero-order valence-corrected chi connectivity index (χ0v) is 15.2.